The van der Waals surface area contributed by atoms with Gasteiger partial charge in [-0.2, -0.15) is 5.26 Å². The first kappa shape index (κ1) is 10.3. The van der Waals surface area contributed by atoms with Gasteiger partial charge in [-0.1, -0.05) is 0 Å². The topological polar surface area (TPSA) is 48.8 Å². The highest BCUT2D eigenvalue weighted by atomic mass is 16.5. The van der Waals surface area contributed by atoms with Crippen LogP contribution in [0, 0.1) is 11.3 Å². The quantitative estimate of drug-likeness (QED) is 0.819. The summed E-state index contributed by atoms with van der Waals surface area (Å²) in [7, 11) is 0. The molecule has 0 aliphatic carbocycles. The predicted molar refractivity (Wildman–Crippen MR) is 57.4 cm³/mol. The van der Waals surface area contributed by atoms with Gasteiger partial charge in [0.05, 0.1) is 12.2 Å². The summed E-state index contributed by atoms with van der Waals surface area (Å²) in [6, 6.07) is 6.29. The number of ether oxygens (including phenoxy) is 1. The molecule has 1 aliphatic rings. The SMILES string of the molecule is N#CCC(CC1CCCO1)c1ccc[nH]1. The van der Waals surface area contributed by atoms with E-state index >= 15 is 0 Å². The van der Waals surface area contributed by atoms with Crippen molar-refractivity contribution in [1.82, 2.24) is 4.98 Å². The zero-order valence-electron chi connectivity index (χ0n) is 8.78. The summed E-state index contributed by atoms with van der Waals surface area (Å²) in [4.78, 5) is 3.19. The molecule has 0 saturated carbocycles. The second-order valence-corrected chi connectivity index (χ2v) is 4.06. The van der Waals surface area contributed by atoms with Crippen LogP contribution >= 0.6 is 0 Å². The molecule has 1 fully saturated rings. The van der Waals surface area contributed by atoms with Crippen LogP contribution in [0.4, 0.5) is 0 Å². The molecule has 1 aromatic heterocycles. The molecule has 3 nitrogen and oxygen atoms in total. The summed E-state index contributed by atoms with van der Waals surface area (Å²) in [6.45, 7) is 0.884. The first-order valence-corrected chi connectivity index (χ1v) is 5.52. The van der Waals surface area contributed by atoms with Gasteiger partial charge in [0.15, 0.2) is 0 Å². The Labute approximate surface area is 90.1 Å². The number of hydrogen-bond acceptors (Lipinski definition) is 2. The van der Waals surface area contributed by atoms with Crippen LogP contribution in [0.25, 0.3) is 0 Å². The van der Waals surface area contributed by atoms with Crippen LogP contribution in [0.2, 0.25) is 0 Å². The molecule has 15 heavy (non-hydrogen) atoms. The zero-order valence-corrected chi connectivity index (χ0v) is 8.78. The molecule has 0 radical (unpaired) electrons. The van der Waals surface area contributed by atoms with E-state index in [4.69, 9.17) is 10.00 Å². The van der Waals surface area contributed by atoms with Crippen molar-refractivity contribution >= 4 is 0 Å². The lowest BCUT2D eigenvalue weighted by Crippen LogP contribution is -2.11. The number of H-pyrrole nitrogens is 1. The van der Waals surface area contributed by atoms with E-state index in [0.717, 1.165) is 31.6 Å². The van der Waals surface area contributed by atoms with Crippen molar-refractivity contribution in [2.24, 2.45) is 0 Å². The minimum atomic E-state index is 0.299. The summed E-state index contributed by atoms with van der Waals surface area (Å²) in [5.41, 5.74) is 1.16. The Balaban J connectivity index is 1.97. The first-order chi connectivity index (χ1) is 7.40. The lowest BCUT2D eigenvalue weighted by molar-refractivity contribution is 0.0978. The monoisotopic (exact) mass is 204 g/mol. The molecule has 0 bridgehead atoms. The summed E-state index contributed by atoms with van der Waals surface area (Å²) in [5.74, 6) is 0.299. The average Bonchev–Trinajstić information content (AvgIpc) is 2.89. The highest BCUT2D eigenvalue weighted by molar-refractivity contribution is 5.12. The Hall–Kier alpha value is -1.27. The van der Waals surface area contributed by atoms with Crippen molar-refractivity contribution in [2.45, 2.75) is 37.7 Å². The van der Waals surface area contributed by atoms with Crippen molar-refractivity contribution in [3.8, 4) is 6.07 Å². The van der Waals surface area contributed by atoms with E-state index in [1.165, 1.54) is 0 Å². The van der Waals surface area contributed by atoms with Crippen LogP contribution in [0.3, 0.4) is 0 Å². The van der Waals surface area contributed by atoms with Crippen molar-refractivity contribution < 1.29 is 4.74 Å². The Bertz CT molecular complexity index is 320. The smallest absolute Gasteiger partial charge is 0.0628 e. The molecule has 1 aromatic rings. The number of aromatic nitrogens is 1. The Kier molecular flexibility index (Phi) is 3.41. The number of nitrogens with one attached hydrogen (secondary N) is 1. The number of aromatic amines is 1. The van der Waals surface area contributed by atoms with Gasteiger partial charge >= 0.3 is 0 Å². The zero-order chi connectivity index (χ0) is 10.5. The number of rotatable bonds is 4. The highest BCUT2D eigenvalue weighted by Gasteiger charge is 2.22. The van der Waals surface area contributed by atoms with Crippen molar-refractivity contribution in [1.29, 1.82) is 5.26 Å². The number of nitriles is 1. The molecular formula is C12H16N2O. The van der Waals surface area contributed by atoms with Crippen LogP contribution in [-0.4, -0.2) is 17.7 Å². The van der Waals surface area contributed by atoms with Crippen LogP contribution in [0.5, 0.6) is 0 Å². The standard InChI is InChI=1S/C12H16N2O/c13-6-5-10(12-4-1-7-14-12)9-11-3-2-8-15-11/h1,4,7,10-11,14H,2-3,5,8-9H2. The third-order valence-corrected chi connectivity index (χ3v) is 2.97. The first-order valence-electron chi connectivity index (χ1n) is 5.52. The minimum Gasteiger partial charge on any atom is -0.378 e. The average molecular weight is 204 g/mol. The molecule has 80 valence electrons. The third kappa shape index (κ3) is 2.60. The molecule has 1 aliphatic heterocycles. The molecule has 0 amide bonds. The molecule has 3 heteroatoms. The molecule has 2 unspecified atom stereocenters. The van der Waals surface area contributed by atoms with Crippen LogP contribution in [0.1, 0.15) is 37.3 Å². The van der Waals surface area contributed by atoms with E-state index in [2.05, 4.69) is 17.1 Å². The van der Waals surface area contributed by atoms with Gasteiger partial charge in [-0.3, -0.25) is 0 Å². The number of nitrogens with zero attached hydrogens (tertiary/aromatic N) is 1. The number of hydrogen-bond donors (Lipinski definition) is 1. The Morgan fingerprint density at radius 1 is 1.67 bits per heavy atom. The summed E-state index contributed by atoms with van der Waals surface area (Å²) in [6.07, 6.45) is 6.10. The van der Waals surface area contributed by atoms with Gasteiger partial charge in [0.1, 0.15) is 0 Å². The van der Waals surface area contributed by atoms with Gasteiger partial charge < -0.3 is 9.72 Å². The molecule has 0 spiro atoms. The molecule has 1 saturated heterocycles. The molecular weight excluding hydrogens is 188 g/mol. The van der Waals surface area contributed by atoms with Crippen LogP contribution in [-0.2, 0) is 4.74 Å². The van der Waals surface area contributed by atoms with Gasteiger partial charge in [0.2, 0.25) is 0 Å². The molecule has 2 heterocycles. The third-order valence-electron chi connectivity index (χ3n) is 2.97. The summed E-state index contributed by atoms with van der Waals surface area (Å²) < 4.78 is 5.60. The maximum absolute atomic E-state index is 8.80. The van der Waals surface area contributed by atoms with E-state index in [1.807, 2.05) is 12.3 Å². The predicted octanol–water partition coefficient (Wildman–Crippen LogP) is 2.58. The normalized spacial score (nSPS) is 22.5. The second kappa shape index (κ2) is 4.99. The fraction of sp³-hybridized carbons (Fsp3) is 0.583. The van der Waals surface area contributed by atoms with E-state index < -0.39 is 0 Å². The lowest BCUT2D eigenvalue weighted by Gasteiger charge is -2.16. The second-order valence-electron chi connectivity index (χ2n) is 4.06. The maximum Gasteiger partial charge on any atom is 0.0628 e. The molecule has 0 aromatic carbocycles. The molecule has 2 atom stereocenters. The van der Waals surface area contributed by atoms with Gasteiger partial charge in [0, 0.05) is 30.8 Å². The maximum atomic E-state index is 8.80. The van der Waals surface area contributed by atoms with Crippen LogP contribution in [0.15, 0.2) is 18.3 Å². The van der Waals surface area contributed by atoms with Crippen molar-refractivity contribution in [3.63, 3.8) is 0 Å². The fourth-order valence-corrected chi connectivity index (χ4v) is 2.18. The van der Waals surface area contributed by atoms with Crippen LogP contribution < -0.4 is 0 Å². The fourth-order valence-electron chi connectivity index (χ4n) is 2.18. The summed E-state index contributed by atoms with van der Waals surface area (Å²) in [5, 5.41) is 8.80. The van der Waals surface area contributed by atoms with Crippen molar-refractivity contribution in [3.05, 3.63) is 24.0 Å². The lowest BCUT2D eigenvalue weighted by atomic mass is 9.94. The van der Waals surface area contributed by atoms with E-state index in [1.54, 1.807) is 0 Å². The van der Waals surface area contributed by atoms with Crippen molar-refractivity contribution in [2.75, 3.05) is 6.61 Å². The Morgan fingerprint density at radius 2 is 2.60 bits per heavy atom. The van der Waals surface area contributed by atoms with Gasteiger partial charge in [-0.05, 0) is 31.4 Å². The molecule has 2 rings (SSSR count). The minimum absolute atomic E-state index is 0.299. The Morgan fingerprint density at radius 3 is 3.20 bits per heavy atom. The summed E-state index contributed by atoms with van der Waals surface area (Å²) >= 11 is 0. The van der Waals surface area contributed by atoms with Gasteiger partial charge in [0.25, 0.3) is 0 Å². The van der Waals surface area contributed by atoms with E-state index in [-0.39, 0.29) is 0 Å². The highest BCUT2D eigenvalue weighted by Crippen LogP contribution is 2.28. The van der Waals surface area contributed by atoms with E-state index in [9.17, 15) is 0 Å². The molecule has 1 N–H and O–H groups in total. The van der Waals surface area contributed by atoms with Gasteiger partial charge in [-0.15, -0.1) is 0 Å². The van der Waals surface area contributed by atoms with E-state index in [0.29, 0.717) is 18.4 Å². The van der Waals surface area contributed by atoms with Gasteiger partial charge in [-0.25, -0.2) is 0 Å². The largest absolute Gasteiger partial charge is 0.378 e.